The van der Waals surface area contributed by atoms with Crippen LogP contribution in [0, 0.1) is 5.92 Å². The van der Waals surface area contributed by atoms with Crippen molar-refractivity contribution in [3.05, 3.63) is 12.2 Å². The number of ether oxygens (including phenoxy) is 2. The van der Waals surface area contributed by atoms with Crippen LogP contribution in [-0.4, -0.2) is 66.3 Å². The van der Waals surface area contributed by atoms with Crippen LogP contribution in [0.1, 0.15) is 58.3 Å². The SMILES string of the molecule is C=C(COCCCCC(F)(F)C(F)(F)S(=O)(=O)O)C(=O)OC(C1CCCCC1)C(C)(O)C(F)(F)F. The summed E-state index contributed by atoms with van der Waals surface area (Å²) in [5, 5.41) is 4.43. The second kappa shape index (κ2) is 11.7. The summed E-state index contributed by atoms with van der Waals surface area (Å²) < 4.78 is 132. The molecule has 0 radical (unpaired) electrons. The van der Waals surface area contributed by atoms with Crippen LogP contribution in [0.5, 0.6) is 0 Å². The Morgan fingerprint density at radius 3 is 2.09 bits per heavy atom. The van der Waals surface area contributed by atoms with Crippen LogP contribution in [0.15, 0.2) is 12.2 Å². The Hall–Kier alpha value is -1.45. The van der Waals surface area contributed by atoms with Crippen molar-refractivity contribution in [2.24, 2.45) is 5.92 Å². The Kier molecular flexibility index (Phi) is 10.6. The lowest BCUT2D eigenvalue weighted by Gasteiger charge is -2.40. The highest BCUT2D eigenvalue weighted by atomic mass is 32.2. The van der Waals surface area contributed by atoms with E-state index in [0.717, 1.165) is 6.42 Å². The summed E-state index contributed by atoms with van der Waals surface area (Å²) in [5.41, 5.74) is -3.74. The maximum atomic E-state index is 13.4. The smallest absolute Gasteiger partial charge is 0.431 e. The molecule has 0 bridgehead atoms. The number of rotatable bonds is 13. The molecular weight excluding hydrogens is 517 g/mol. The van der Waals surface area contributed by atoms with E-state index >= 15 is 0 Å². The summed E-state index contributed by atoms with van der Waals surface area (Å²) in [6.07, 6.45) is -6.87. The molecule has 2 unspecified atom stereocenters. The molecule has 1 aliphatic carbocycles. The van der Waals surface area contributed by atoms with Crippen molar-refractivity contribution < 1.29 is 63.1 Å². The Morgan fingerprint density at radius 1 is 1.06 bits per heavy atom. The second-order valence-electron chi connectivity index (χ2n) is 8.68. The van der Waals surface area contributed by atoms with Gasteiger partial charge in [0, 0.05) is 13.0 Å². The van der Waals surface area contributed by atoms with Crippen molar-refractivity contribution in [1.82, 2.24) is 0 Å². The molecule has 0 aliphatic heterocycles. The van der Waals surface area contributed by atoms with E-state index in [0.29, 0.717) is 32.6 Å². The quantitative estimate of drug-likeness (QED) is 0.114. The van der Waals surface area contributed by atoms with Gasteiger partial charge >= 0.3 is 33.4 Å². The van der Waals surface area contributed by atoms with Gasteiger partial charge in [-0.1, -0.05) is 25.8 Å². The maximum Gasteiger partial charge on any atom is 0.431 e. The lowest BCUT2D eigenvalue weighted by atomic mass is 9.78. The van der Waals surface area contributed by atoms with Gasteiger partial charge in [-0.3, -0.25) is 4.55 Å². The van der Waals surface area contributed by atoms with E-state index in [2.05, 4.69) is 6.58 Å². The van der Waals surface area contributed by atoms with E-state index in [4.69, 9.17) is 14.0 Å². The standard InChI is InChI=1S/C20H29F7O7S/c1-13(12-33-11-7-6-10-18(21,22)20(26,27)35(30,31)32)16(28)34-15(14-8-4-3-5-9-14)17(2,29)19(23,24)25/h14-15,29H,1,3-12H2,2H3,(H,30,31,32). The van der Waals surface area contributed by atoms with Gasteiger partial charge in [0.2, 0.25) is 0 Å². The van der Waals surface area contributed by atoms with E-state index in [-0.39, 0.29) is 13.0 Å². The molecule has 1 rings (SSSR count). The zero-order chi connectivity index (χ0) is 27.3. The first kappa shape index (κ1) is 31.6. The molecule has 35 heavy (non-hydrogen) atoms. The molecular formula is C20H29F7O7S. The molecule has 1 fully saturated rings. The molecule has 15 heteroatoms. The van der Waals surface area contributed by atoms with Gasteiger partial charge in [-0.2, -0.15) is 39.2 Å². The Morgan fingerprint density at radius 2 is 1.60 bits per heavy atom. The number of hydrogen-bond acceptors (Lipinski definition) is 6. The summed E-state index contributed by atoms with van der Waals surface area (Å²) in [5.74, 6) is -7.04. The Bertz CT molecular complexity index is 835. The Labute approximate surface area is 198 Å². The average molecular weight is 546 g/mol. The molecule has 0 saturated heterocycles. The Balaban J connectivity index is 2.59. The van der Waals surface area contributed by atoms with Gasteiger partial charge in [-0.25, -0.2) is 4.79 Å². The minimum Gasteiger partial charge on any atom is -0.455 e. The highest BCUT2D eigenvalue weighted by Gasteiger charge is 2.65. The zero-order valence-electron chi connectivity index (χ0n) is 18.9. The van der Waals surface area contributed by atoms with Gasteiger partial charge in [0.1, 0.15) is 6.10 Å². The molecule has 1 aliphatic rings. The van der Waals surface area contributed by atoms with Crippen LogP contribution in [0.25, 0.3) is 0 Å². The minimum absolute atomic E-state index is 0.285. The van der Waals surface area contributed by atoms with Crippen molar-refractivity contribution in [3.8, 4) is 0 Å². The fourth-order valence-electron chi connectivity index (χ4n) is 3.61. The third-order valence-electron chi connectivity index (χ3n) is 5.78. The first-order chi connectivity index (χ1) is 15.8. The normalized spacial score (nSPS) is 19.1. The van der Waals surface area contributed by atoms with Crippen LogP contribution in [0.4, 0.5) is 30.7 Å². The highest BCUT2D eigenvalue weighted by Crippen LogP contribution is 2.42. The predicted octanol–water partition coefficient (Wildman–Crippen LogP) is 4.65. The molecule has 2 N–H and O–H groups in total. The van der Waals surface area contributed by atoms with Crippen LogP contribution < -0.4 is 0 Å². The average Bonchev–Trinajstić information content (AvgIpc) is 2.72. The third kappa shape index (κ3) is 8.02. The van der Waals surface area contributed by atoms with Crippen molar-refractivity contribution >= 4 is 16.1 Å². The number of hydrogen-bond donors (Lipinski definition) is 2. The van der Waals surface area contributed by atoms with E-state index in [1.165, 1.54) is 0 Å². The highest BCUT2D eigenvalue weighted by molar-refractivity contribution is 7.87. The molecule has 0 amide bonds. The van der Waals surface area contributed by atoms with E-state index in [9.17, 15) is 49.1 Å². The number of carbonyl (C=O) groups is 1. The fourth-order valence-corrected chi connectivity index (χ4v) is 4.09. The van der Waals surface area contributed by atoms with Gasteiger partial charge in [0.25, 0.3) is 0 Å². The molecule has 2 atom stereocenters. The fraction of sp³-hybridized carbons (Fsp3) is 0.850. The number of alkyl halides is 7. The zero-order valence-corrected chi connectivity index (χ0v) is 19.7. The van der Waals surface area contributed by atoms with E-state index in [1.807, 2.05) is 0 Å². The minimum atomic E-state index is -6.33. The van der Waals surface area contributed by atoms with Gasteiger partial charge < -0.3 is 14.6 Å². The number of esters is 1. The number of unbranched alkanes of at least 4 members (excludes halogenated alkanes) is 1. The molecule has 0 aromatic carbocycles. The predicted molar refractivity (Wildman–Crippen MR) is 108 cm³/mol. The van der Waals surface area contributed by atoms with Crippen molar-refractivity contribution in [2.75, 3.05) is 13.2 Å². The molecule has 0 heterocycles. The van der Waals surface area contributed by atoms with E-state index in [1.54, 1.807) is 0 Å². The molecule has 0 aromatic rings. The van der Waals surface area contributed by atoms with Crippen molar-refractivity contribution in [3.63, 3.8) is 0 Å². The third-order valence-corrected chi connectivity index (χ3v) is 6.73. The summed E-state index contributed by atoms with van der Waals surface area (Å²) >= 11 is 0. The summed E-state index contributed by atoms with van der Waals surface area (Å²) in [6.45, 7) is 2.90. The molecule has 0 spiro atoms. The maximum absolute atomic E-state index is 13.4. The van der Waals surface area contributed by atoms with Crippen LogP contribution in [0.2, 0.25) is 0 Å². The van der Waals surface area contributed by atoms with Crippen LogP contribution in [0.3, 0.4) is 0 Å². The first-order valence-electron chi connectivity index (χ1n) is 10.7. The topological polar surface area (TPSA) is 110 Å². The molecule has 7 nitrogen and oxygen atoms in total. The largest absolute Gasteiger partial charge is 0.455 e. The monoisotopic (exact) mass is 546 g/mol. The van der Waals surface area contributed by atoms with Gasteiger partial charge in [-0.15, -0.1) is 0 Å². The van der Waals surface area contributed by atoms with Crippen LogP contribution >= 0.6 is 0 Å². The molecule has 206 valence electrons. The van der Waals surface area contributed by atoms with Gasteiger partial charge in [0.15, 0.2) is 5.60 Å². The number of carbonyl (C=O) groups excluding carboxylic acids is 1. The first-order valence-corrected chi connectivity index (χ1v) is 12.2. The lowest BCUT2D eigenvalue weighted by molar-refractivity contribution is -0.292. The second-order valence-corrected chi connectivity index (χ2v) is 10.1. The van der Waals surface area contributed by atoms with E-state index < -0.39 is 76.1 Å². The summed E-state index contributed by atoms with van der Waals surface area (Å²) in [4.78, 5) is 12.3. The number of aliphatic hydroxyl groups is 1. The summed E-state index contributed by atoms with van der Waals surface area (Å²) in [7, 11) is -6.33. The molecule has 1 saturated carbocycles. The van der Waals surface area contributed by atoms with Crippen LogP contribution in [-0.2, 0) is 24.4 Å². The molecule has 0 aromatic heterocycles. The number of halogens is 7. The lowest BCUT2D eigenvalue weighted by Crippen LogP contribution is -2.57. The van der Waals surface area contributed by atoms with Crippen molar-refractivity contribution in [1.29, 1.82) is 0 Å². The van der Waals surface area contributed by atoms with Gasteiger partial charge in [-0.05, 0) is 38.5 Å². The van der Waals surface area contributed by atoms with Gasteiger partial charge in [0.05, 0.1) is 12.2 Å². The summed E-state index contributed by atoms with van der Waals surface area (Å²) in [6, 6.07) is 0. The van der Waals surface area contributed by atoms with Crippen molar-refractivity contribution in [2.45, 2.75) is 87.3 Å².